The minimum atomic E-state index is -3.96. The Morgan fingerprint density at radius 3 is 2.57 bits per heavy atom. The van der Waals surface area contributed by atoms with Crippen LogP contribution in [-0.2, 0) is 10.0 Å². The number of carboxylic acids is 1. The second-order valence-corrected chi connectivity index (χ2v) is 7.86. The van der Waals surface area contributed by atoms with Crippen molar-refractivity contribution in [2.75, 3.05) is 4.72 Å². The van der Waals surface area contributed by atoms with Crippen molar-refractivity contribution in [3.05, 3.63) is 44.1 Å². The quantitative estimate of drug-likeness (QED) is 0.835. The Balaban J connectivity index is 2.51. The van der Waals surface area contributed by atoms with Crippen molar-refractivity contribution in [3.8, 4) is 0 Å². The molecule has 5 nitrogen and oxygen atoms in total. The van der Waals surface area contributed by atoms with Crippen LogP contribution in [0.5, 0.6) is 0 Å². The lowest BCUT2D eigenvalue weighted by molar-refractivity contribution is 0.0698. The first-order chi connectivity index (χ1) is 9.72. The number of hydrogen-bond donors (Lipinski definition) is 2. The van der Waals surface area contributed by atoms with E-state index in [4.69, 9.17) is 5.11 Å². The van der Waals surface area contributed by atoms with E-state index < -0.39 is 16.0 Å². The molecule has 1 aromatic carbocycles. The van der Waals surface area contributed by atoms with Gasteiger partial charge in [0.2, 0.25) is 0 Å². The van der Waals surface area contributed by atoms with E-state index in [0.717, 1.165) is 21.4 Å². The van der Waals surface area contributed by atoms with Gasteiger partial charge in [0.25, 0.3) is 10.0 Å². The molecule has 0 spiro atoms. The SMILES string of the molecule is Cc1ccc(Br)cc1NS(=O)(=O)c1c(C)csc1C(=O)O. The van der Waals surface area contributed by atoms with E-state index in [9.17, 15) is 13.2 Å². The molecule has 2 rings (SSSR count). The molecule has 0 saturated carbocycles. The van der Waals surface area contributed by atoms with Crippen LogP contribution in [0.4, 0.5) is 5.69 Å². The minimum absolute atomic E-state index is 0.181. The van der Waals surface area contributed by atoms with E-state index in [-0.39, 0.29) is 9.77 Å². The van der Waals surface area contributed by atoms with Gasteiger partial charge < -0.3 is 5.11 Å². The monoisotopic (exact) mass is 389 g/mol. The van der Waals surface area contributed by atoms with Crippen LogP contribution in [0.3, 0.4) is 0 Å². The number of halogens is 1. The lowest BCUT2D eigenvalue weighted by atomic mass is 10.2. The summed E-state index contributed by atoms with van der Waals surface area (Å²) >= 11 is 4.18. The highest BCUT2D eigenvalue weighted by atomic mass is 79.9. The summed E-state index contributed by atoms with van der Waals surface area (Å²) in [4.78, 5) is 10.8. The topological polar surface area (TPSA) is 83.5 Å². The lowest BCUT2D eigenvalue weighted by Crippen LogP contribution is -2.17. The van der Waals surface area contributed by atoms with E-state index in [2.05, 4.69) is 20.7 Å². The molecule has 0 aliphatic rings. The van der Waals surface area contributed by atoms with Crippen molar-refractivity contribution in [2.24, 2.45) is 0 Å². The molecule has 0 atom stereocenters. The van der Waals surface area contributed by atoms with Gasteiger partial charge in [0.15, 0.2) is 0 Å². The van der Waals surface area contributed by atoms with E-state index >= 15 is 0 Å². The largest absolute Gasteiger partial charge is 0.477 e. The Labute approximate surface area is 134 Å². The molecule has 2 aromatic rings. The summed E-state index contributed by atoms with van der Waals surface area (Å²) in [5.41, 5.74) is 1.57. The number of hydrogen-bond acceptors (Lipinski definition) is 4. The van der Waals surface area contributed by atoms with Crippen molar-refractivity contribution in [1.29, 1.82) is 0 Å². The average molecular weight is 390 g/mol. The maximum Gasteiger partial charge on any atom is 0.347 e. The first kappa shape index (κ1) is 16.0. The molecule has 1 heterocycles. The van der Waals surface area contributed by atoms with Crippen LogP contribution in [0.25, 0.3) is 0 Å². The Morgan fingerprint density at radius 2 is 1.95 bits per heavy atom. The number of carbonyl (C=O) groups is 1. The van der Waals surface area contributed by atoms with Crippen LogP contribution in [0.15, 0.2) is 32.9 Å². The van der Waals surface area contributed by atoms with E-state index in [1.54, 1.807) is 32.0 Å². The van der Waals surface area contributed by atoms with Gasteiger partial charge in [0.05, 0.1) is 5.69 Å². The molecule has 0 bridgehead atoms. The number of benzene rings is 1. The predicted octanol–water partition coefficient (Wildman–Crippen LogP) is 3.63. The number of aromatic carboxylic acids is 1. The van der Waals surface area contributed by atoms with E-state index in [0.29, 0.717) is 11.3 Å². The van der Waals surface area contributed by atoms with Crippen LogP contribution < -0.4 is 4.72 Å². The first-order valence-corrected chi connectivity index (χ1v) is 8.98. The van der Waals surface area contributed by atoms with Crippen LogP contribution in [0, 0.1) is 13.8 Å². The van der Waals surface area contributed by atoms with Crippen LogP contribution in [0.1, 0.15) is 20.8 Å². The van der Waals surface area contributed by atoms with Gasteiger partial charge >= 0.3 is 5.97 Å². The van der Waals surface area contributed by atoms with Crippen LogP contribution in [-0.4, -0.2) is 19.5 Å². The fourth-order valence-corrected chi connectivity index (χ4v) is 4.93. The molecule has 8 heteroatoms. The van der Waals surface area contributed by atoms with Gasteiger partial charge in [0.1, 0.15) is 9.77 Å². The fourth-order valence-electron chi connectivity index (χ4n) is 1.81. The van der Waals surface area contributed by atoms with Crippen molar-refractivity contribution >= 4 is 48.9 Å². The van der Waals surface area contributed by atoms with Crippen LogP contribution >= 0.6 is 27.3 Å². The summed E-state index contributed by atoms with van der Waals surface area (Å²) in [7, 11) is -3.96. The zero-order valence-electron chi connectivity index (χ0n) is 11.2. The molecule has 112 valence electrons. The van der Waals surface area contributed by atoms with Gasteiger partial charge in [-0.2, -0.15) is 0 Å². The molecule has 0 aliphatic carbocycles. The normalized spacial score (nSPS) is 11.4. The Bertz CT molecular complexity index is 812. The van der Waals surface area contributed by atoms with Gasteiger partial charge in [-0.1, -0.05) is 22.0 Å². The van der Waals surface area contributed by atoms with Gasteiger partial charge in [-0.05, 0) is 42.5 Å². The minimum Gasteiger partial charge on any atom is -0.477 e. The molecule has 0 amide bonds. The maximum atomic E-state index is 12.5. The highest BCUT2D eigenvalue weighted by molar-refractivity contribution is 9.10. The smallest absolute Gasteiger partial charge is 0.347 e. The molecule has 21 heavy (non-hydrogen) atoms. The third-order valence-corrected chi connectivity index (χ3v) is 6.09. The summed E-state index contributed by atoms with van der Waals surface area (Å²) in [6.45, 7) is 3.34. The third kappa shape index (κ3) is 3.28. The molecular formula is C13H12BrNO4S2. The molecule has 2 N–H and O–H groups in total. The Hall–Kier alpha value is -1.38. The summed E-state index contributed by atoms with van der Waals surface area (Å²) < 4.78 is 28.2. The summed E-state index contributed by atoms with van der Waals surface area (Å²) in [6, 6.07) is 5.20. The van der Waals surface area contributed by atoms with Crippen molar-refractivity contribution < 1.29 is 18.3 Å². The van der Waals surface area contributed by atoms with Gasteiger partial charge in [-0.15, -0.1) is 11.3 Å². The van der Waals surface area contributed by atoms with Gasteiger partial charge in [-0.25, -0.2) is 13.2 Å². The van der Waals surface area contributed by atoms with Crippen molar-refractivity contribution in [3.63, 3.8) is 0 Å². The Kier molecular flexibility index (Phi) is 4.40. The second kappa shape index (κ2) is 5.78. The summed E-state index contributed by atoms with van der Waals surface area (Å²) in [6.07, 6.45) is 0. The number of nitrogens with one attached hydrogen (secondary N) is 1. The number of sulfonamides is 1. The molecule has 0 saturated heterocycles. The fraction of sp³-hybridized carbons (Fsp3) is 0.154. The molecular weight excluding hydrogens is 378 g/mol. The first-order valence-electron chi connectivity index (χ1n) is 5.82. The highest BCUT2D eigenvalue weighted by Gasteiger charge is 2.27. The second-order valence-electron chi connectivity index (χ2n) is 4.45. The number of aryl methyl sites for hydroxylation is 2. The average Bonchev–Trinajstić information content (AvgIpc) is 2.76. The zero-order chi connectivity index (χ0) is 15.8. The molecule has 1 aromatic heterocycles. The van der Waals surface area contributed by atoms with Crippen LogP contribution in [0.2, 0.25) is 0 Å². The van der Waals surface area contributed by atoms with E-state index in [1.165, 1.54) is 5.38 Å². The summed E-state index contributed by atoms with van der Waals surface area (Å²) in [5.74, 6) is -1.25. The predicted molar refractivity (Wildman–Crippen MR) is 85.7 cm³/mol. The zero-order valence-corrected chi connectivity index (χ0v) is 14.4. The van der Waals surface area contributed by atoms with Crippen molar-refractivity contribution in [1.82, 2.24) is 0 Å². The van der Waals surface area contributed by atoms with E-state index in [1.807, 2.05) is 0 Å². The molecule has 0 radical (unpaired) electrons. The maximum absolute atomic E-state index is 12.5. The molecule has 0 fully saturated rings. The number of rotatable bonds is 4. The third-order valence-electron chi connectivity index (χ3n) is 2.82. The summed E-state index contributed by atoms with van der Waals surface area (Å²) in [5, 5.41) is 10.6. The van der Waals surface area contributed by atoms with Gasteiger partial charge in [0, 0.05) is 4.47 Å². The highest BCUT2D eigenvalue weighted by Crippen LogP contribution is 2.30. The number of thiophene rings is 1. The van der Waals surface area contributed by atoms with Gasteiger partial charge in [-0.3, -0.25) is 4.72 Å². The molecule has 0 aliphatic heterocycles. The lowest BCUT2D eigenvalue weighted by Gasteiger charge is -2.11. The number of anilines is 1. The number of carboxylic acid groups (broad SMARTS) is 1. The molecule has 0 unspecified atom stereocenters. The Morgan fingerprint density at radius 1 is 1.29 bits per heavy atom. The van der Waals surface area contributed by atoms with Crippen molar-refractivity contribution in [2.45, 2.75) is 18.7 Å². The standard InChI is InChI=1S/C13H12BrNO4S2/c1-7-3-4-9(14)5-10(7)15-21(18,19)12-8(2)6-20-11(12)13(16)17/h3-6,15H,1-2H3,(H,16,17).